The summed E-state index contributed by atoms with van der Waals surface area (Å²) in [6, 6.07) is 3.20. The number of piperidine rings is 1. The summed E-state index contributed by atoms with van der Waals surface area (Å²) in [5.74, 6) is -1.49. The summed E-state index contributed by atoms with van der Waals surface area (Å²) in [6.07, 6.45) is 4.24. The normalized spacial score (nSPS) is 16.9. The zero-order valence-corrected chi connectivity index (χ0v) is 19.8. The fourth-order valence-corrected chi connectivity index (χ4v) is 4.21. The molecule has 0 aliphatic carbocycles. The Labute approximate surface area is 209 Å². The molecule has 0 bridgehead atoms. The van der Waals surface area contributed by atoms with E-state index in [0.29, 0.717) is 18.9 Å². The molecular formula is C23H26FLiN4O5. The number of carbonyl (C=O) groups excluding carboxylic acids is 2. The van der Waals surface area contributed by atoms with Crippen molar-refractivity contribution in [1.29, 1.82) is 0 Å². The third-order valence-electron chi connectivity index (χ3n) is 5.87. The Bertz CT molecular complexity index is 1060. The summed E-state index contributed by atoms with van der Waals surface area (Å²) in [7, 11) is 0. The standard InChI is InChI=1S/C23H27FN4O5.Li/c1-22(2,3)33-21(31)27-8-6-23(7-9-27)12-28(13-23)19-18(11-25-14-26-19)32-17-5-4-15(24)10-16(17)20(29)30;/h4-5,10-11,14H,6-9,12-13H2,1-3H3,(H,29,30);/q;+1/p-1. The van der Waals surface area contributed by atoms with Crippen molar-refractivity contribution < 1.29 is 47.4 Å². The van der Waals surface area contributed by atoms with Crippen molar-refractivity contribution in [2.24, 2.45) is 5.41 Å². The van der Waals surface area contributed by atoms with Crippen LogP contribution < -0.4 is 33.6 Å². The number of carboxylic acid groups (broad SMARTS) is 1. The maximum atomic E-state index is 13.5. The molecule has 0 unspecified atom stereocenters. The number of hydrogen-bond donors (Lipinski definition) is 0. The molecule has 4 rings (SSSR count). The van der Waals surface area contributed by atoms with E-state index in [1.165, 1.54) is 18.6 Å². The van der Waals surface area contributed by atoms with Crippen molar-refractivity contribution >= 4 is 17.9 Å². The van der Waals surface area contributed by atoms with Gasteiger partial charge in [0.05, 0.1) is 12.2 Å². The first-order valence-corrected chi connectivity index (χ1v) is 10.8. The molecule has 0 radical (unpaired) electrons. The molecular weight excluding hydrogens is 438 g/mol. The number of aromatic nitrogens is 2. The van der Waals surface area contributed by atoms with Gasteiger partial charge in [-0.3, -0.25) is 0 Å². The number of aromatic carboxylic acids is 1. The quantitative estimate of drug-likeness (QED) is 0.564. The van der Waals surface area contributed by atoms with Crippen molar-refractivity contribution in [1.82, 2.24) is 14.9 Å². The Balaban J connectivity index is 0.00000324. The number of carbonyl (C=O) groups is 2. The van der Waals surface area contributed by atoms with E-state index < -0.39 is 17.4 Å². The zero-order chi connectivity index (χ0) is 23.8. The molecule has 2 aromatic rings. The van der Waals surface area contributed by atoms with E-state index in [-0.39, 0.29) is 47.4 Å². The van der Waals surface area contributed by atoms with Gasteiger partial charge < -0.3 is 29.2 Å². The van der Waals surface area contributed by atoms with E-state index in [0.717, 1.165) is 38.1 Å². The van der Waals surface area contributed by atoms with Crippen LogP contribution in [0.15, 0.2) is 30.7 Å². The van der Waals surface area contributed by atoms with Crippen molar-refractivity contribution in [3.05, 3.63) is 42.1 Å². The van der Waals surface area contributed by atoms with Gasteiger partial charge in [0.25, 0.3) is 0 Å². The molecule has 0 N–H and O–H groups in total. The first-order valence-electron chi connectivity index (χ1n) is 10.8. The van der Waals surface area contributed by atoms with Gasteiger partial charge in [-0.05, 0) is 51.8 Å². The second-order valence-electron chi connectivity index (χ2n) is 9.56. The van der Waals surface area contributed by atoms with Crippen LogP contribution in [-0.4, -0.2) is 58.7 Å². The fourth-order valence-electron chi connectivity index (χ4n) is 4.21. The summed E-state index contributed by atoms with van der Waals surface area (Å²) < 4.78 is 24.7. The third-order valence-corrected chi connectivity index (χ3v) is 5.87. The van der Waals surface area contributed by atoms with Gasteiger partial charge in [0.15, 0.2) is 11.6 Å². The molecule has 3 heterocycles. The molecule has 1 spiro atoms. The number of likely N-dealkylation sites (tertiary alicyclic amines) is 1. The maximum absolute atomic E-state index is 13.5. The third kappa shape index (κ3) is 5.62. The number of halogens is 1. The molecule has 2 aliphatic rings. The number of benzene rings is 1. The van der Waals surface area contributed by atoms with Crippen LogP contribution in [0.5, 0.6) is 11.5 Å². The maximum Gasteiger partial charge on any atom is 1.00 e. The second-order valence-corrected chi connectivity index (χ2v) is 9.56. The number of rotatable bonds is 4. The molecule has 2 fully saturated rings. The summed E-state index contributed by atoms with van der Waals surface area (Å²) >= 11 is 0. The van der Waals surface area contributed by atoms with Gasteiger partial charge in [0, 0.05) is 37.2 Å². The van der Waals surface area contributed by atoms with Crippen LogP contribution in [-0.2, 0) is 4.74 Å². The summed E-state index contributed by atoms with van der Waals surface area (Å²) in [5, 5.41) is 11.4. The Hall–Kier alpha value is -2.83. The van der Waals surface area contributed by atoms with Crippen LogP contribution in [0.2, 0.25) is 0 Å². The predicted octanol–water partition coefficient (Wildman–Crippen LogP) is -0.387. The minimum atomic E-state index is -1.54. The molecule has 11 heteroatoms. The van der Waals surface area contributed by atoms with Gasteiger partial charge in [-0.15, -0.1) is 0 Å². The smallest absolute Gasteiger partial charge is 0.545 e. The number of hydrogen-bond acceptors (Lipinski definition) is 8. The summed E-state index contributed by atoms with van der Waals surface area (Å²) in [5.41, 5.74) is -0.851. The minimum Gasteiger partial charge on any atom is -0.545 e. The number of carboxylic acids is 1. The average molecular weight is 464 g/mol. The fraction of sp³-hybridized carbons (Fsp3) is 0.478. The van der Waals surface area contributed by atoms with Crippen LogP contribution in [0.3, 0.4) is 0 Å². The van der Waals surface area contributed by atoms with Gasteiger partial charge in [-0.2, -0.15) is 0 Å². The van der Waals surface area contributed by atoms with Crippen molar-refractivity contribution in [2.45, 2.75) is 39.2 Å². The molecule has 176 valence electrons. The molecule has 1 aromatic heterocycles. The van der Waals surface area contributed by atoms with Gasteiger partial charge in [0.2, 0.25) is 0 Å². The summed E-state index contributed by atoms with van der Waals surface area (Å²) in [6.45, 7) is 8.25. The van der Waals surface area contributed by atoms with E-state index in [4.69, 9.17) is 9.47 Å². The van der Waals surface area contributed by atoms with E-state index in [9.17, 15) is 19.1 Å². The van der Waals surface area contributed by atoms with Gasteiger partial charge in [-0.1, -0.05) is 0 Å². The van der Waals surface area contributed by atoms with Crippen LogP contribution in [0.25, 0.3) is 0 Å². The van der Waals surface area contributed by atoms with Gasteiger partial charge in [0.1, 0.15) is 23.5 Å². The molecule has 2 saturated heterocycles. The van der Waals surface area contributed by atoms with Crippen molar-refractivity contribution in [3.8, 4) is 11.5 Å². The van der Waals surface area contributed by atoms with Crippen molar-refractivity contribution in [2.75, 3.05) is 31.1 Å². The average Bonchev–Trinajstić information content (AvgIpc) is 2.72. The Kier molecular flexibility index (Phi) is 7.43. The number of ether oxygens (including phenoxy) is 2. The van der Waals surface area contributed by atoms with Crippen LogP contribution in [0.4, 0.5) is 15.0 Å². The first kappa shape index (κ1) is 25.8. The Morgan fingerprint density at radius 3 is 2.44 bits per heavy atom. The molecule has 0 saturated carbocycles. The Morgan fingerprint density at radius 1 is 1.15 bits per heavy atom. The van der Waals surface area contributed by atoms with Crippen molar-refractivity contribution in [3.63, 3.8) is 0 Å². The minimum absolute atomic E-state index is 0. The molecule has 34 heavy (non-hydrogen) atoms. The first-order chi connectivity index (χ1) is 15.6. The van der Waals surface area contributed by atoms with E-state index in [1.807, 2.05) is 25.7 Å². The zero-order valence-electron chi connectivity index (χ0n) is 19.8. The molecule has 2 aliphatic heterocycles. The summed E-state index contributed by atoms with van der Waals surface area (Å²) in [4.78, 5) is 35.8. The molecule has 9 nitrogen and oxygen atoms in total. The second kappa shape index (κ2) is 9.80. The van der Waals surface area contributed by atoms with E-state index in [1.54, 1.807) is 4.90 Å². The number of nitrogens with zero attached hydrogens (tertiary/aromatic N) is 4. The number of anilines is 1. The predicted molar refractivity (Wildman–Crippen MR) is 115 cm³/mol. The molecule has 1 aromatic carbocycles. The van der Waals surface area contributed by atoms with Gasteiger partial charge >= 0.3 is 25.0 Å². The van der Waals surface area contributed by atoms with Crippen LogP contribution >= 0.6 is 0 Å². The van der Waals surface area contributed by atoms with Crippen LogP contribution in [0, 0.1) is 11.2 Å². The largest absolute Gasteiger partial charge is 1.00 e. The molecule has 1 amide bonds. The molecule has 0 atom stereocenters. The Morgan fingerprint density at radius 2 is 1.82 bits per heavy atom. The monoisotopic (exact) mass is 464 g/mol. The van der Waals surface area contributed by atoms with E-state index in [2.05, 4.69) is 9.97 Å². The van der Waals surface area contributed by atoms with Gasteiger partial charge in [-0.25, -0.2) is 19.2 Å². The van der Waals surface area contributed by atoms with E-state index >= 15 is 0 Å². The SMILES string of the molecule is CC(C)(C)OC(=O)N1CCC2(CC1)CN(c1ncncc1Oc1ccc(F)cc1C(=O)[O-])C2.[Li+]. The topological polar surface area (TPSA) is 108 Å². The van der Waals surface area contributed by atoms with Crippen LogP contribution in [0.1, 0.15) is 44.0 Å². The number of amides is 1.